The number of aliphatic imine (C=N–C) groups is 1. The molecule has 142 valence electrons. The third-order valence-corrected chi connectivity index (χ3v) is 6.73. The lowest BCUT2D eigenvalue weighted by molar-refractivity contribution is -0.113. The van der Waals surface area contributed by atoms with E-state index >= 15 is 0 Å². The largest absolute Gasteiger partial charge is 0.378 e. The van der Waals surface area contributed by atoms with Crippen LogP contribution in [-0.2, 0) is 15.5 Å². The van der Waals surface area contributed by atoms with E-state index in [2.05, 4.69) is 36.4 Å². The molecule has 0 radical (unpaired) electrons. The molecule has 6 heteroatoms. The van der Waals surface area contributed by atoms with Crippen LogP contribution in [0.25, 0.3) is 0 Å². The van der Waals surface area contributed by atoms with Gasteiger partial charge in [0.15, 0.2) is 5.96 Å². The number of hydrogen-bond acceptors (Lipinski definition) is 3. The van der Waals surface area contributed by atoms with Crippen LogP contribution in [-0.4, -0.2) is 53.0 Å². The van der Waals surface area contributed by atoms with Crippen LogP contribution >= 0.6 is 0 Å². The van der Waals surface area contributed by atoms with Crippen LogP contribution in [0.1, 0.15) is 60.8 Å². The second-order valence-corrected chi connectivity index (χ2v) is 10.5. The topological polar surface area (TPSA) is 62.7 Å². The normalized spacial score (nSPS) is 25.0. The molecule has 2 N–H and O–H groups in total. The summed E-state index contributed by atoms with van der Waals surface area (Å²) in [6.07, 6.45) is 3.61. The van der Waals surface area contributed by atoms with E-state index in [4.69, 9.17) is 4.74 Å². The van der Waals surface area contributed by atoms with Crippen molar-refractivity contribution in [3.05, 3.63) is 0 Å². The van der Waals surface area contributed by atoms with Gasteiger partial charge in [-0.05, 0) is 33.6 Å². The van der Waals surface area contributed by atoms with E-state index in [1.807, 2.05) is 20.8 Å². The maximum absolute atomic E-state index is 12.1. The van der Waals surface area contributed by atoms with Crippen molar-refractivity contribution in [3.63, 3.8) is 0 Å². The summed E-state index contributed by atoms with van der Waals surface area (Å²) in [7, 11) is 0.927. The molecule has 0 spiro atoms. The predicted molar refractivity (Wildman–Crippen MR) is 104 cm³/mol. The molecule has 3 atom stereocenters. The Morgan fingerprint density at radius 3 is 2.54 bits per heavy atom. The van der Waals surface area contributed by atoms with Gasteiger partial charge in [0.1, 0.15) is 0 Å². The highest BCUT2D eigenvalue weighted by Gasteiger charge is 2.49. The molecular formula is C18H37N3O2S. The van der Waals surface area contributed by atoms with Crippen LogP contribution in [0.2, 0.25) is 0 Å². The summed E-state index contributed by atoms with van der Waals surface area (Å²) in [4.78, 5) is 4.29. The molecule has 0 amide bonds. The first-order valence-electron chi connectivity index (χ1n) is 9.10. The van der Waals surface area contributed by atoms with Crippen molar-refractivity contribution in [1.82, 2.24) is 10.6 Å². The van der Waals surface area contributed by atoms with Gasteiger partial charge in [-0.2, -0.15) is 0 Å². The van der Waals surface area contributed by atoms with Gasteiger partial charge in [0.05, 0.1) is 6.10 Å². The Morgan fingerprint density at radius 1 is 1.38 bits per heavy atom. The van der Waals surface area contributed by atoms with Crippen molar-refractivity contribution in [2.45, 2.75) is 77.7 Å². The second-order valence-electron chi connectivity index (χ2n) is 8.13. The Labute approximate surface area is 150 Å². The van der Waals surface area contributed by atoms with E-state index in [1.165, 1.54) is 6.42 Å². The van der Waals surface area contributed by atoms with E-state index in [-0.39, 0.29) is 10.2 Å². The molecule has 0 aliphatic heterocycles. The lowest BCUT2D eigenvalue weighted by atomic mass is 9.64. The predicted octanol–water partition coefficient (Wildman–Crippen LogP) is 2.68. The summed E-state index contributed by atoms with van der Waals surface area (Å²) < 4.78 is 17.9. The van der Waals surface area contributed by atoms with Crippen molar-refractivity contribution >= 4 is 16.8 Å². The van der Waals surface area contributed by atoms with Gasteiger partial charge in [0.2, 0.25) is 0 Å². The minimum absolute atomic E-state index is 0.0968. The van der Waals surface area contributed by atoms with Gasteiger partial charge in [-0.1, -0.05) is 27.2 Å². The fourth-order valence-corrected chi connectivity index (χ4v) is 3.61. The first-order chi connectivity index (χ1) is 11.1. The summed E-state index contributed by atoms with van der Waals surface area (Å²) in [6.45, 7) is 14.2. The number of nitrogens with zero attached hydrogens (tertiary/aromatic N) is 1. The maximum Gasteiger partial charge on any atom is 0.191 e. The van der Waals surface area contributed by atoms with Crippen LogP contribution in [0.5, 0.6) is 0 Å². The molecule has 1 saturated carbocycles. The second kappa shape index (κ2) is 9.18. The Morgan fingerprint density at radius 2 is 2.04 bits per heavy atom. The van der Waals surface area contributed by atoms with Crippen molar-refractivity contribution < 1.29 is 8.95 Å². The zero-order chi connectivity index (χ0) is 18.4. The van der Waals surface area contributed by atoms with Crippen molar-refractivity contribution in [2.24, 2.45) is 10.4 Å². The van der Waals surface area contributed by atoms with E-state index in [1.54, 1.807) is 7.05 Å². The molecule has 24 heavy (non-hydrogen) atoms. The minimum atomic E-state index is -0.847. The summed E-state index contributed by atoms with van der Waals surface area (Å²) in [5.41, 5.74) is 0.0968. The standard InChI is InChI=1S/C18H37N3O2S/c1-8-9-11-23-15-13-14(18(15,5)6)21-16(19-7)20-10-12-24(22)17(2,3)4/h14-15H,8-13H2,1-7H3,(H2,19,20,21). The van der Waals surface area contributed by atoms with Crippen LogP contribution in [0.3, 0.4) is 0 Å². The van der Waals surface area contributed by atoms with Crippen molar-refractivity contribution in [1.29, 1.82) is 0 Å². The summed E-state index contributed by atoms with van der Waals surface area (Å²) >= 11 is 0. The number of ether oxygens (including phenoxy) is 1. The first-order valence-corrected chi connectivity index (χ1v) is 10.4. The molecule has 1 fully saturated rings. The molecule has 0 aromatic heterocycles. The molecule has 0 heterocycles. The molecular weight excluding hydrogens is 322 g/mol. The molecule has 5 nitrogen and oxygen atoms in total. The third kappa shape index (κ3) is 6.03. The molecule has 1 aliphatic carbocycles. The smallest absolute Gasteiger partial charge is 0.191 e. The zero-order valence-electron chi connectivity index (χ0n) is 16.6. The fraction of sp³-hybridized carbons (Fsp3) is 0.944. The van der Waals surface area contributed by atoms with Crippen LogP contribution in [0.15, 0.2) is 4.99 Å². The lowest BCUT2D eigenvalue weighted by Gasteiger charge is -2.52. The van der Waals surface area contributed by atoms with Gasteiger partial charge >= 0.3 is 0 Å². The van der Waals surface area contributed by atoms with Gasteiger partial charge in [0.25, 0.3) is 0 Å². The molecule has 1 rings (SSSR count). The average Bonchev–Trinajstić information content (AvgIpc) is 2.50. The lowest BCUT2D eigenvalue weighted by Crippen LogP contribution is -2.63. The number of hydrogen-bond donors (Lipinski definition) is 2. The van der Waals surface area contributed by atoms with E-state index in [9.17, 15) is 4.21 Å². The van der Waals surface area contributed by atoms with E-state index in [0.29, 0.717) is 24.4 Å². The number of guanidine groups is 1. The fourth-order valence-electron chi connectivity index (χ4n) is 2.71. The van der Waals surface area contributed by atoms with Gasteiger partial charge in [0, 0.05) is 53.0 Å². The summed E-state index contributed by atoms with van der Waals surface area (Å²) in [6, 6.07) is 0.350. The van der Waals surface area contributed by atoms with Gasteiger partial charge in [-0.3, -0.25) is 9.20 Å². The maximum atomic E-state index is 12.1. The highest BCUT2D eigenvalue weighted by atomic mass is 32.2. The quantitative estimate of drug-likeness (QED) is 0.397. The molecule has 0 saturated heterocycles. The van der Waals surface area contributed by atoms with E-state index in [0.717, 1.165) is 25.4 Å². The molecule has 0 aromatic carbocycles. The monoisotopic (exact) mass is 359 g/mol. The Hall–Kier alpha value is -0.620. The van der Waals surface area contributed by atoms with E-state index < -0.39 is 10.8 Å². The summed E-state index contributed by atoms with van der Waals surface area (Å²) in [5, 5.41) is 6.77. The average molecular weight is 360 g/mol. The molecule has 0 bridgehead atoms. The van der Waals surface area contributed by atoms with Crippen molar-refractivity contribution in [3.8, 4) is 0 Å². The van der Waals surface area contributed by atoms with Crippen LogP contribution in [0, 0.1) is 5.41 Å². The molecule has 0 aromatic rings. The number of nitrogens with one attached hydrogen (secondary N) is 2. The highest BCUT2D eigenvalue weighted by Crippen LogP contribution is 2.42. The SMILES string of the molecule is CCCCOC1CC(NC(=NC)NCCS(=O)C(C)(C)C)C1(C)C. The van der Waals surface area contributed by atoms with Crippen LogP contribution < -0.4 is 10.6 Å². The number of rotatable bonds is 8. The number of unbranched alkanes of at least 4 members (excludes halogenated alkanes) is 1. The molecule has 3 unspecified atom stereocenters. The Bertz CT molecular complexity index is 444. The third-order valence-electron chi connectivity index (χ3n) is 4.79. The minimum Gasteiger partial charge on any atom is -0.378 e. The van der Waals surface area contributed by atoms with Crippen molar-refractivity contribution in [2.75, 3.05) is 26.0 Å². The highest BCUT2D eigenvalue weighted by molar-refractivity contribution is 7.86. The first kappa shape index (κ1) is 21.4. The summed E-state index contributed by atoms with van der Waals surface area (Å²) in [5.74, 6) is 1.41. The Kier molecular flexibility index (Phi) is 8.20. The Balaban J connectivity index is 2.38. The zero-order valence-corrected chi connectivity index (χ0v) is 17.4. The van der Waals surface area contributed by atoms with Gasteiger partial charge < -0.3 is 15.4 Å². The van der Waals surface area contributed by atoms with Gasteiger partial charge in [-0.15, -0.1) is 0 Å². The molecule has 1 aliphatic rings. The van der Waals surface area contributed by atoms with Crippen LogP contribution in [0.4, 0.5) is 0 Å². The van der Waals surface area contributed by atoms with Gasteiger partial charge in [-0.25, -0.2) is 0 Å².